The third-order valence-electron chi connectivity index (χ3n) is 4.43. The summed E-state index contributed by atoms with van der Waals surface area (Å²) in [5, 5.41) is 8.88. The van der Waals surface area contributed by atoms with Crippen LogP contribution in [0.25, 0.3) is 11.1 Å². The summed E-state index contributed by atoms with van der Waals surface area (Å²) in [6.07, 6.45) is 0.242. The number of rotatable bonds is 8. The number of nitrogens with one attached hydrogen (secondary N) is 1. The molecule has 0 aliphatic heterocycles. The maximum atomic E-state index is 12.6. The van der Waals surface area contributed by atoms with Crippen molar-refractivity contribution in [2.75, 3.05) is 11.8 Å². The molecule has 6 nitrogen and oxygen atoms in total. The van der Waals surface area contributed by atoms with E-state index < -0.39 is 23.0 Å². The number of aliphatic carboxylic acids is 1. The van der Waals surface area contributed by atoms with Crippen LogP contribution in [-0.4, -0.2) is 28.4 Å². The summed E-state index contributed by atoms with van der Waals surface area (Å²) in [6.45, 7) is 0. The van der Waals surface area contributed by atoms with Gasteiger partial charge in [0.2, 0.25) is 0 Å². The average molecular weight is 410 g/mol. The molecule has 0 amide bonds. The lowest BCUT2D eigenvalue weighted by molar-refractivity contribution is -0.138. The molecule has 0 aromatic heterocycles. The van der Waals surface area contributed by atoms with Crippen molar-refractivity contribution in [3.63, 3.8) is 0 Å². The number of benzene rings is 3. The lowest BCUT2D eigenvalue weighted by Crippen LogP contribution is -2.32. The van der Waals surface area contributed by atoms with Crippen molar-refractivity contribution >= 4 is 22.6 Å². The van der Waals surface area contributed by atoms with E-state index in [0.29, 0.717) is 10.6 Å². The zero-order chi connectivity index (χ0) is 20.8. The molecule has 0 saturated heterocycles. The monoisotopic (exact) mass is 410 g/mol. The van der Waals surface area contributed by atoms with Gasteiger partial charge in [-0.1, -0.05) is 36.4 Å². The maximum Gasteiger partial charge on any atom is 0.320 e. The topological polar surface area (TPSA) is 102 Å². The number of hydrogen-bond donors (Lipinski definition) is 3. The first kappa shape index (κ1) is 20.6. The molecule has 0 spiro atoms. The van der Waals surface area contributed by atoms with Crippen LogP contribution in [0.4, 0.5) is 5.69 Å². The van der Waals surface area contributed by atoms with Crippen LogP contribution in [0.5, 0.6) is 5.75 Å². The van der Waals surface area contributed by atoms with Crippen LogP contribution in [0.15, 0.2) is 77.7 Å². The number of anilines is 1. The Labute approximate surface area is 171 Å². The molecule has 3 aromatic rings. The number of carboxylic acids is 1. The molecule has 3 aromatic carbocycles. The van der Waals surface area contributed by atoms with Gasteiger partial charge in [-0.2, -0.15) is 0 Å². The molecular weight excluding hydrogens is 388 g/mol. The summed E-state index contributed by atoms with van der Waals surface area (Å²) in [6, 6.07) is 21.4. The number of carbonyl (C=O) groups is 1. The van der Waals surface area contributed by atoms with Gasteiger partial charge in [-0.15, -0.1) is 0 Å². The van der Waals surface area contributed by atoms with Crippen molar-refractivity contribution in [2.24, 2.45) is 5.73 Å². The summed E-state index contributed by atoms with van der Waals surface area (Å²) in [5.74, 6) is -0.238. The summed E-state index contributed by atoms with van der Waals surface area (Å²) in [7, 11) is 0.212. The van der Waals surface area contributed by atoms with Crippen LogP contribution in [-0.2, 0) is 22.2 Å². The Morgan fingerprint density at radius 2 is 1.55 bits per heavy atom. The van der Waals surface area contributed by atoms with Crippen molar-refractivity contribution in [1.29, 1.82) is 0 Å². The van der Waals surface area contributed by atoms with Gasteiger partial charge in [-0.05, 0) is 59.5 Å². The number of hydrogen-bond acceptors (Lipinski definition) is 4. The molecule has 1 unspecified atom stereocenters. The van der Waals surface area contributed by atoms with Gasteiger partial charge >= 0.3 is 5.97 Å². The Kier molecular flexibility index (Phi) is 6.64. The Morgan fingerprint density at radius 3 is 2.07 bits per heavy atom. The first-order chi connectivity index (χ1) is 14.0. The second kappa shape index (κ2) is 9.36. The first-order valence-electron chi connectivity index (χ1n) is 8.96. The normalized spacial score (nSPS) is 12.8. The number of carboxylic acid groups (broad SMARTS) is 1. The van der Waals surface area contributed by atoms with Crippen molar-refractivity contribution < 1.29 is 18.8 Å². The van der Waals surface area contributed by atoms with Crippen LogP contribution in [0, 0.1) is 0 Å². The summed E-state index contributed by atoms with van der Waals surface area (Å²) < 4.78 is 20.7. The molecule has 4 N–H and O–H groups in total. The second-order valence-corrected chi connectivity index (χ2v) is 7.68. The number of nitrogens with two attached hydrogens (primary N) is 1. The minimum absolute atomic E-state index is 0.242. The number of methoxy groups -OCH3 is 1. The average Bonchev–Trinajstić information content (AvgIpc) is 2.75. The van der Waals surface area contributed by atoms with E-state index in [4.69, 9.17) is 15.6 Å². The molecular formula is C22H22N2O4S. The third-order valence-corrected chi connectivity index (χ3v) is 5.55. The molecule has 0 aliphatic rings. The van der Waals surface area contributed by atoms with E-state index in [1.54, 1.807) is 31.4 Å². The molecule has 0 fully saturated rings. The van der Waals surface area contributed by atoms with Gasteiger partial charge in [-0.25, -0.2) is 4.21 Å². The Hall–Kier alpha value is -3.16. The molecule has 0 heterocycles. The van der Waals surface area contributed by atoms with Crippen LogP contribution in [0.3, 0.4) is 0 Å². The number of ether oxygens (including phenoxy) is 1. The molecule has 0 radical (unpaired) electrons. The Balaban J connectivity index is 1.63. The quantitative estimate of drug-likeness (QED) is 0.528. The van der Waals surface area contributed by atoms with E-state index in [0.717, 1.165) is 22.4 Å². The molecule has 7 heteroatoms. The summed E-state index contributed by atoms with van der Waals surface area (Å²) >= 11 is 0. The maximum absolute atomic E-state index is 12.6. The minimum atomic E-state index is -1.42. The Morgan fingerprint density at radius 1 is 1.00 bits per heavy atom. The van der Waals surface area contributed by atoms with E-state index in [2.05, 4.69) is 4.72 Å². The van der Waals surface area contributed by atoms with E-state index in [1.165, 1.54) is 0 Å². The lowest BCUT2D eigenvalue weighted by Gasteiger charge is -2.10. The predicted octanol–water partition coefficient (Wildman–Crippen LogP) is 3.45. The van der Waals surface area contributed by atoms with Gasteiger partial charge < -0.3 is 20.3 Å². The standard InChI is InChI=1S/C22H22N2O4S/c1-28-19-10-4-16(5-11-19)17-6-12-20(13-7-17)29(27)24-18-8-2-15(3-9-18)14-21(23)22(25)26/h2-13,21,24H,14,23H2,1H3,(H,25,26)/t21-,29?/m0/s1. The molecule has 0 aliphatic carbocycles. The third kappa shape index (κ3) is 5.43. The van der Waals surface area contributed by atoms with Crippen LogP contribution < -0.4 is 15.2 Å². The van der Waals surface area contributed by atoms with Gasteiger partial charge in [0.1, 0.15) is 22.8 Å². The SMILES string of the molecule is COc1ccc(-c2ccc(S(=O)Nc3ccc(C[C@H](N)C(=O)O)cc3)cc2)cc1. The van der Waals surface area contributed by atoms with Crippen molar-refractivity contribution in [3.05, 3.63) is 78.4 Å². The van der Waals surface area contributed by atoms with Crippen LogP contribution in [0.1, 0.15) is 5.56 Å². The zero-order valence-electron chi connectivity index (χ0n) is 15.9. The molecule has 0 bridgehead atoms. The highest BCUT2D eigenvalue weighted by Gasteiger charge is 2.12. The summed E-state index contributed by atoms with van der Waals surface area (Å²) in [5.41, 5.74) is 9.09. The van der Waals surface area contributed by atoms with Crippen molar-refractivity contribution in [1.82, 2.24) is 0 Å². The van der Waals surface area contributed by atoms with Gasteiger partial charge in [0.15, 0.2) is 0 Å². The fraction of sp³-hybridized carbons (Fsp3) is 0.136. The molecule has 0 saturated carbocycles. The van der Waals surface area contributed by atoms with E-state index >= 15 is 0 Å². The smallest absolute Gasteiger partial charge is 0.320 e. The molecule has 2 atom stereocenters. The Bertz CT molecular complexity index is 987. The molecule has 29 heavy (non-hydrogen) atoms. The van der Waals surface area contributed by atoms with Gasteiger partial charge in [0, 0.05) is 5.69 Å². The van der Waals surface area contributed by atoms with Crippen molar-refractivity contribution in [2.45, 2.75) is 17.4 Å². The van der Waals surface area contributed by atoms with Gasteiger partial charge in [0.25, 0.3) is 0 Å². The molecule has 3 rings (SSSR count). The van der Waals surface area contributed by atoms with E-state index in [-0.39, 0.29) is 6.42 Å². The zero-order valence-corrected chi connectivity index (χ0v) is 16.7. The fourth-order valence-corrected chi connectivity index (χ4v) is 3.62. The highest BCUT2D eigenvalue weighted by Crippen LogP contribution is 2.24. The highest BCUT2D eigenvalue weighted by atomic mass is 32.2. The van der Waals surface area contributed by atoms with Gasteiger partial charge in [-0.3, -0.25) is 4.79 Å². The lowest BCUT2D eigenvalue weighted by atomic mass is 10.1. The molecule has 150 valence electrons. The van der Waals surface area contributed by atoms with Gasteiger partial charge in [0.05, 0.1) is 12.0 Å². The fourth-order valence-electron chi connectivity index (χ4n) is 2.77. The van der Waals surface area contributed by atoms with Crippen molar-refractivity contribution in [3.8, 4) is 16.9 Å². The van der Waals surface area contributed by atoms with Crippen LogP contribution in [0.2, 0.25) is 0 Å². The largest absolute Gasteiger partial charge is 0.497 e. The van der Waals surface area contributed by atoms with E-state index in [9.17, 15) is 9.00 Å². The minimum Gasteiger partial charge on any atom is -0.497 e. The summed E-state index contributed by atoms with van der Waals surface area (Å²) in [4.78, 5) is 11.5. The first-order valence-corrected chi connectivity index (χ1v) is 10.1. The second-order valence-electron chi connectivity index (χ2n) is 6.47. The van der Waals surface area contributed by atoms with Crippen LogP contribution >= 0.6 is 0 Å². The highest BCUT2D eigenvalue weighted by molar-refractivity contribution is 7.86. The van der Waals surface area contributed by atoms with E-state index in [1.807, 2.05) is 48.5 Å². The predicted molar refractivity (Wildman–Crippen MR) is 114 cm³/mol.